The molecule has 0 saturated carbocycles. The largest absolute Gasteiger partial charge is 0.481 e. The summed E-state index contributed by atoms with van der Waals surface area (Å²) in [6.07, 6.45) is 3.65. The maximum Gasteiger partial charge on any atom is 0.314 e. The van der Waals surface area contributed by atoms with E-state index in [-0.39, 0.29) is 0 Å². The number of carboxylic acid groups (broad SMARTS) is 1. The Hall–Kier alpha value is -3.39. The van der Waals surface area contributed by atoms with Crippen LogP contribution in [-0.4, -0.2) is 11.1 Å². The molecular weight excluding hydrogens is 320 g/mol. The van der Waals surface area contributed by atoms with E-state index in [0.717, 1.165) is 27.3 Å². The topological polar surface area (TPSA) is 37.3 Å². The molecule has 4 aromatic rings. The van der Waals surface area contributed by atoms with Gasteiger partial charge in [-0.25, -0.2) is 0 Å². The van der Waals surface area contributed by atoms with E-state index >= 15 is 0 Å². The molecule has 0 heterocycles. The van der Waals surface area contributed by atoms with Gasteiger partial charge in [0.05, 0.1) is 0 Å². The first kappa shape index (κ1) is 16.1. The molecule has 2 nitrogen and oxygen atoms in total. The van der Waals surface area contributed by atoms with E-state index in [1.807, 2.05) is 66.7 Å². The lowest BCUT2D eigenvalue weighted by Crippen LogP contribution is -2.08. The van der Waals surface area contributed by atoms with Gasteiger partial charge in [-0.1, -0.05) is 84.9 Å². The van der Waals surface area contributed by atoms with Crippen LogP contribution in [0.3, 0.4) is 0 Å². The minimum absolute atomic E-state index is 0.675. The van der Waals surface area contributed by atoms with Crippen molar-refractivity contribution in [3.05, 3.63) is 102 Å². The zero-order valence-electron chi connectivity index (χ0n) is 14.2. The number of benzene rings is 4. The van der Waals surface area contributed by atoms with Gasteiger partial charge in [-0.15, -0.1) is 0 Å². The van der Waals surface area contributed by atoms with Crippen LogP contribution in [0.5, 0.6) is 0 Å². The lowest BCUT2D eigenvalue weighted by molar-refractivity contribution is -0.137. The van der Waals surface area contributed by atoms with Crippen molar-refractivity contribution in [1.82, 2.24) is 0 Å². The van der Waals surface area contributed by atoms with E-state index in [9.17, 15) is 9.90 Å². The Morgan fingerprint density at radius 3 is 1.96 bits per heavy atom. The molecule has 4 rings (SSSR count). The molecule has 0 spiro atoms. The second-order valence-electron chi connectivity index (χ2n) is 6.39. The number of carbonyl (C=O) groups is 1. The molecule has 0 aliphatic carbocycles. The zero-order chi connectivity index (χ0) is 17.9. The minimum Gasteiger partial charge on any atom is -0.481 e. The molecule has 0 aromatic heterocycles. The van der Waals surface area contributed by atoms with Crippen molar-refractivity contribution in [2.24, 2.45) is 0 Å². The number of aliphatic carboxylic acids is 1. The second-order valence-corrected chi connectivity index (χ2v) is 6.39. The number of carboxylic acids is 1. The van der Waals surface area contributed by atoms with E-state index in [1.165, 1.54) is 5.39 Å². The first-order chi connectivity index (χ1) is 12.7. The molecule has 0 saturated heterocycles. The summed E-state index contributed by atoms with van der Waals surface area (Å²) in [5.41, 5.74) is 1.78. The van der Waals surface area contributed by atoms with Crippen LogP contribution in [-0.2, 0) is 4.79 Å². The lowest BCUT2D eigenvalue weighted by atomic mass is 9.95. The van der Waals surface area contributed by atoms with E-state index in [2.05, 4.69) is 24.3 Å². The smallest absolute Gasteiger partial charge is 0.314 e. The summed E-state index contributed by atoms with van der Waals surface area (Å²) in [6, 6.07) is 28.1. The van der Waals surface area contributed by atoms with E-state index in [1.54, 1.807) is 6.08 Å². The van der Waals surface area contributed by atoms with Crippen molar-refractivity contribution in [1.29, 1.82) is 0 Å². The Labute approximate surface area is 152 Å². The molecule has 0 radical (unpaired) electrons. The first-order valence-electron chi connectivity index (χ1n) is 8.59. The third-order valence-electron chi connectivity index (χ3n) is 4.65. The Kier molecular flexibility index (Phi) is 4.24. The van der Waals surface area contributed by atoms with Gasteiger partial charge in [-0.2, -0.15) is 0 Å². The van der Waals surface area contributed by atoms with Gasteiger partial charge in [0.2, 0.25) is 0 Å². The zero-order valence-corrected chi connectivity index (χ0v) is 14.2. The van der Waals surface area contributed by atoms with Crippen LogP contribution >= 0.6 is 0 Å². The van der Waals surface area contributed by atoms with Crippen LogP contribution in [0.4, 0.5) is 0 Å². The summed E-state index contributed by atoms with van der Waals surface area (Å²) in [6.45, 7) is 0. The molecule has 0 aliphatic heterocycles. The average Bonchev–Trinajstić information content (AvgIpc) is 2.67. The molecule has 0 aliphatic rings. The molecule has 1 atom stereocenters. The van der Waals surface area contributed by atoms with E-state index in [0.29, 0.717) is 0 Å². The molecule has 4 aromatic carbocycles. The minimum atomic E-state index is -0.850. The Balaban J connectivity index is 1.68. The van der Waals surface area contributed by atoms with Crippen molar-refractivity contribution >= 4 is 33.6 Å². The molecule has 1 N–H and O–H groups in total. The van der Waals surface area contributed by atoms with Crippen LogP contribution in [0.1, 0.15) is 17.0 Å². The summed E-state index contributed by atoms with van der Waals surface area (Å²) in [5, 5.41) is 14.2. The monoisotopic (exact) mass is 338 g/mol. The highest BCUT2D eigenvalue weighted by molar-refractivity contribution is 5.87. The Bertz CT molecular complexity index is 1130. The van der Waals surface area contributed by atoms with E-state index in [4.69, 9.17) is 0 Å². The summed E-state index contributed by atoms with van der Waals surface area (Å²) in [5.74, 6) is -1.52. The third-order valence-corrected chi connectivity index (χ3v) is 4.65. The predicted octanol–water partition coefficient (Wildman–Crippen LogP) is 5.87. The fraction of sp³-hybridized carbons (Fsp3) is 0.0417. The molecule has 0 fully saturated rings. The fourth-order valence-electron chi connectivity index (χ4n) is 3.26. The van der Waals surface area contributed by atoms with Gasteiger partial charge in [0.15, 0.2) is 0 Å². The molecular formula is C24H18O2. The van der Waals surface area contributed by atoms with Gasteiger partial charge in [0, 0.05) is 0 Å². The van der Waals surface area contributed by atoms with Crippen LogP contribution in [0.15, 0.2) is 91.0 Å². The third kappa shape index (κ3) is 3.22. The van der Waals surface area contributed by atoms with Crippen LogP contribution < -0.4 is 0 Å². The van der Waals surface area contributed by atoms with Crippen molar-refractivity contribution < 1.29 is 9.90 Å². The van der Waals surface area contributed by atoms with Crippen molar-refractivity contribution in [2.45, 2.75) is 5.92 Å². The Morgan fingerprint density at radius 2 is 1.31 bits per heavy atom. The summed E-state index contributed by atoms with van der Waals surface area (Å²) in [4.78, 5) is 11.8. The molecule has 0 amide bonds. The van der Waals surface area contributed by atoms with Gasteiger partial charge >= 0.3 is 5.97 Å². The van der Waals surface area contributed by atoms with Gasteiger partial charge in [-0.05, 0) is 44.8 Å². The summed E-state index contributed by atoms with van der Waals surface area (Å²) in [7, 11) is 0. The number of rotatable bonds is 4. The lowest BCUT2D eigenvalue weighted by Gasteiger charge is -2.10. The van der Waals surface area contributed by atoms with Crippen LogP contribution in [0, 0.1) is 0 Å². The molecule has 0 bridgehead atoms. The van der Waals surface area contributed by atoms with Gasteiger partial charge < -0.3 is 5.11 Å². The highest BCUT2D eigenvalue weighted by Crippen LogP contribution is 2.25. The van der Waals surface area contributed by atoms with Crippen molar-refractivity contribution in [3.8, 4) is 0 Å². The number of fused-ring (bicyclic) bond motifs is 2. The van der Waals surface area contributed by atoms with Crippen LogP contribution in [0.2, 0.25) is 0 Å². The molecule has 126 valence electrons. The van der Waals surface area contributed by atoms with E-state index < -0.39 is 11.9 Å². The maximum absolute atomic E-state index is 11.8. The predicted molar refractivity (Wildman–Crippen MR) is 107 cm³/mol. The highest BCUT2D eigenvalue weighted by Gasteiger charge is 2.16. The molecule has 26 heavy (non-hydrogen) atoms. The van der Waals surface area contributed by atoms with Crippen molar-refractivity contribution in [3.63, 3.8) is 0 Å². The SMILES string of the molecule is O=C(O)C(C=Cc1ccc2ccccc2c1)c1ccc2ccccc2c1. The van der Waals surface area contributed by atoms with Crippen molar-refractivity contribution in [2.75, 3.05) is 0 Å². The average molecular weight is 338 g/mol. The standard InChI is InChI=1S/C24H18O2/c25-24(26)23(22-13-12-19-6-2-4-8-21(19)16-22)14-10-17-9-11-18-5-1-3-7-20(18)15-17/h1-16,23H,(H,25,26). The molecule has 2 heteroatoms. The van der Waals surface area contributed by atoms with Gasteiger partial charge in [0.25, 0.3) is 0 Å². The highest BCUT2D eigenvalue weighted by atomic mass is 16.4. The molecule has 1 unspecified atom stereocenters. The normalized spacial score (nSPS) is 12.6. The van der Waals surface area contributed by atoms with Crippen LogP contribution in [0.25, 0.3) is 27.6 Å². The summed E-state index contributed by atoms with van der Waals surface area (Å²) >= 11 is 0. The first-order valence-corrected chi connectivity index (χ1v) is 8.59. The second kappa shape index (κ2) is 6.85. The quantitative estimate of drug-likeness (QED) is 0.505. The number of hydrogen-bond acceptors (Lipinski definition) is 1. The Morgan fingerprint density at radius 1 is 0.731 bits per heavy atom. The summed E-state index contributed by atoms with van der Waals surface area (Å²) < 4.78 is 0. The van der Waals surface area contributed by atoms with Gasteiger partial charge in [0.1, 0.15) is 5.92 Å². The fourth-order valence-corrected chi connectivity index (χ4v) is 3.26. The van der Waals surface area contributed by atoms with Gasteiger partial charge in [-0.3, -0.25) is 4.79 Å². The maximum atomic E-state index is 11.8. The number of hydrogen-bond donors (Lipinski definition) is 1.